The number of nitriles is 1. The predicted octanol–water partition coefficient (Wildman–Crippen LogP) is 3.30. The molecule has 0 saturated carbocycles. The first-order valence-electron chi connectivity index (χ1n) is 9.42. The van der Waals surface area contributed by atoms with Crippen molar-refractivity contribution in [2.45, 2.75) is 13.1 Å². The molecule has 0 unspecified atom stereocenters. The van der Waals surface area contributed by atoms with E-state index in [4.69, 9.17) is 14.7 Å². The number of carbonyl (C=O) groups excluding carboxylic acids is 1. The molecule has 0 bridgehead atoms. The number of amides is 2. The number of nitrogens with zero attached hydrogens (tertiary/aromatic N) is 3. The van der Waals surface area contributed by atoms with E-state index in [0.717, 1.165) is 16.9 Å². The van der Waals surface area contributed by atoms with Gasteiger partial charge in [-0.2, -0.15) is 5.26 Å². The third-order valence-corrected chi connectivity index (χ3v) is 4.36. The van der Waals surface area contributed by atoms with Crippen molar-refractivity contribution in [3.63, 3.8) is 0 Å². The van der Waals surface area contributed by atoms with Gasteiger partial charge >= 0.3 is 6.03 Å². The molecular formula is C22H22N6O3. The zero-order chi connectivity index (χ0) is 22.1. The number of carbonyl (C=O) groups is 1. The lowest BCUT2D eigenvalue weighted by atomic mass is 10.1. The van der Waals surface area contributed by atoms with Gasteiger partial charge < -0.3 is 20.1 Å². The predicted molar refractivity (Wildman–Crippen MR) is 116 cm³/mol. The van der Waals surface area contributed by atoms with Crippen LogP contribution >= 0.6 is 0 Å². The maximum Gasteiger partial charge on any atom is 0.324 e. The molecule has 0 atom stereocenters. The van der Waals surface area contributed by atoms with Crippen molar-refractivity contribution in [2.24, 2.45) is 0 Å². The minimum Gasteiger partial charge on any atom is -0.496 e. The highest BCUT2D eigenvalue weighted by Gasteiger charge is 2.10. The van der Waals surface area contributed by atoms with Gasteiger partial charge in [0.25, 0.3) is 0 Å². The van der Waals surface area contributed by atoms with Gasteiger partial charge in [-0.05, 0) is 23.8 Å². The highest BCUT2D eigenvalue weighted by Crippen LogP contribution is 2.26. The number of aromatic nitrogens is 2. The van der Waals surface area contributed by atoms with Crippen LogP contribution in [-0.2, 0) is 13.1 Å². The molecule has 158 valence electrons. The number of rotatable bonds is 8. The van der Waals surface area contributed by atoms with E-state index in [1.807, 2.05) is 42.5 Å². The standard InChI is InChI=1S/C22H22N6O3/c1-30-19-6-4-3-5-16(19)12-24-11-15-7-8-18(20(9-15)31-2)27-22(29)28-21-14-25-17(10-23)13-26-21/h3-9,13-14,24H,11-12H2,1-2H3,(H2,26,27,28,29). The number of urea groups is 1. The second kappa shape index (κ2) is 10.6. The Balaban J connectivity index is 1.58. The number of methoxy groups -OCH3 is 2. The van der Waals surface area contributed by atoms with E-state index in [1.54, 1.807) is 13.2 Å². The molecule has 3 N–H and O–H groups in total. The van der Waals surface area contributed by atoms with Crippen molar-refractivity contribution >= 4 is 17.5 Å². The smallest absolute Gasteiger partial charge is 0.324 e. The molecule has 0 aliphatic heterocycles. The van der Waals surface area contributed by atoms with Crippen LogP contribution in [0.5, 0.6) is 11.5 Å². The van der Waals surface area contributed by atoms with Crippen molar-refractivity contribution in [1.29, 1.82) is 5.26 Å². The number of hydrogen-bond donors (Lipinski definition) is 3. The fourth-order valence-electron chi connectivity index (χ4n) is 2.86. The van der Waals surface area contributed by atoms with Gasteiger partial charge in [-0.15, -0.1) is 0 Å². The molecule has 3 aromatic rings. The summed E-state index contributed by atoms with van der Waals surface area (Å²) in [6.07, 6.45) is 2.59. The lowest BCUT2D eigenvalue weighted by Gasteiger charge is -2.13. The second-order valence-electron chi connectivity index (χ2n) is 6.43. The zero-order valence-corrected chi connectivity index (χ0v) is 17.2. The van der Waals surface area contributed by atoms with E-state index >= 15 is 0 Å². The molecule has 9 heteroatoms. The second-order valence-corrected chi connectivity index (χ2v) is 6.43. The fraction of sp³-hybridized carbons (Fsp3) is 0.182. The number of nitrogens with one attached hydrogen (secondary N) is 3. The van der Waals surface area contributed by atoms with Crippen LogP contribution in [0, 0.1) is 11.3 Å². The van der Waals surface area contributed by atoms with E-state index in [1.165, 1.54) is 19.5 Å². The Morgan fingerprint density at radius 1 is 1.00 bits per heavy atom. The number of hydrogen-bond acceptors (Lipinski definition) is 7. The molecule has 0 radical (unpaired) electrons. The van der Waals surface area contributed by atoms with Crippen molar-refractivity contribution in [1.82, 2.24) is 15.3 Å². The Kier molecular flexibility index (Phi) is 7.35. The Bertz CT molecular complexity index is 1080. The molecule has 2 aromatic carbocycles. The van der Waals surface area contributed by atoms with Crippen LogP contribution in [0.15, 0.2) is 54.9 Å². The van der Waals surface area contributed by atoms with Crippen LogP contribution in [0.1, 0.15) is 16.8 Å². The quantitative estimate of drug-likeness (QED) is 0.513. The highest BCUT2D eigenvalue weighted by molar-refractivity contribution is 6.00. The van der Waals surface area contributed by atoms with Crippen molar-refractivity contribution in [3.8, 4) is 17.6 Å². The molecule has 9 nitrogen and oxygen atoms in total. The van der Waals surface area contributed by atoms with Gasteiger partial charge in [0.05, 0.1) is 32.3 Å². The summed E-state index contributed by atoms with van der Waals surface area (Å²) in [6.45, 7) is 1.27. The first-order valence-corrected chi connectivity index (χ1v) is 9.42. The van der Waals surface area contributed by atoms with Gasteiger partial charge in [0.2, 0.25) is 0 Å². The van der Waals surface area contributed by atoms with Gasteiger partial charge in [0, 0.05) is 18.7 Å². The van der Waals surface area contributed by atoms with Crippen LogP contribution in [0.3, 0.4) is 0 Å². The lowest BCUT2D eigenvalue weighted by Crippen LogP contribution is -2.21. The van der Waals surface area contributed by atoms with E-state index in [9.17, 15) is 4.79 Å². The van der Waals surface area contributed by atoms with E-state index in [0.29, 0.717) is 24.5 Å². The van der Waals surface area contributed by atoms with E-state index in [-0.39, 0.29) is 11.5 Å². The number of para-hydroxylation sites is 1. The number of ether oxygens (including phenoxy) is 2. The summed E-state index contributed by atoms with van der Waals surface area (Å²) < 4.78 is 10.8. The SMILES string of the molecule is COc1ccccc1CNCc1ccc(NC(=O)Nc2cnc(C#N)cn2)c(OC)c1. The minimum atomic E-state index is -0.501. The van der Waals surface area contributed by atoms with Crippen LogP contribution in [-0.4, -0.2) is 30.2 Å². The van der Waals surface area contributed by atoms with E-state index in [2.05, 4.69) is 25.9 Å². The molecule has 0 saturated heterocycles. The third kappa shape index (κ3) is 5.91. The summed E-state index contributed by atoms with van der Waals surface area (Å²) in [7, 11) is 3.19. The van der Waals surface area contributed by atoms with Crippen molar-refractivity contribution in [2.75, 3.05) is 24.9 Å². The molecule has 0 spiro atoms. The van der Waals surface area contributed by atoms with Crippen LogP contribution in [0.25, 0.3) is 0 Å². The van der Waals surface area contributed by atoms with Crippen LogP contribution < -0.4 is 25.4 Å². The highest BCUT2D eigenvalue weighted by atomic mass is 16.5. The Morgan fingerprint density at radius 2 is 1.81 bits per heavy atom. The number of anilines is 2. The van der Waals surface area contributed by atoms with Crippen LogP contribution in [0.4, 0.5) is 16.3 Å². The van der Waals surface area contributed by atoms with Crippen molar-refractivity contribution < 1.29 is 14.3 Å². The van der Waals surface area contributed by atoms with Crippen molar-refractivity contribution in [3.05, 3.63) is 71.7 Å². The summed E-state index contributed by atoms with van der Waals surface area (Å²) in [5, 5.41) is 17.4. The molecule has 31 heavy (non-hydrogen) atoms. The summed E-state index contributed by atoms with van der Waals surface area (Å²) in [6, 6.07) is 14.7. The summed E-state index contributed by atoms with van der Waals surface area (Å²) in [4.78, 5) is 20.1. The molecule has 1 aromatic heterocycles. The Morgan fingerprint density at radius 3 is 2.52 bits per heavy atom. The van der Waals surface area contributed by atoms with Gasteiger partial charge in [0.1, 0.15) is 17.6 Å². The number of benzene rings is 2. The Labute approximate surface area is 180 Å². The average Bonchev–Trinajstić information content (AvgIpc) is 2.80. The largest absolute Gasteiger partial charge is 0.496 e. The first-order chi connectivity index (χ1) is 15.1. The zero-order valence-electron chi connectivity index (χ0n) is 17.2. The molecule has 0 aliphatic rings. The normalized spacial score (nSPS) is 10.1. The van der Waals surface area contributed by atoms with Gasteiger partial charge in [-0.25, -0.2) is 14.8 Å². The molecule has 3 rings (SSSR count). The van der Waals surface area contributed by atoms with E-state index < -0.39 is 6.03 Å². The maximum atomic E-state index is 12.2. The minimum absolute atomic E-state index is 0.169. The molecular weight excluding hydrogens is 396 g/mol. The summed E-state index contributed by atoms with van der Waals surface area (Å²) in [5.41, 5.74) is 2.74. The Hall–Kier alpha value is -4.16. The fourth-order valence-corrected chi connectivity index (χ4v) is 2.86. The summed E-state index contributed by atoms with van der Waals surface area (Å²) >= 11 is 0. The lowest BCUT2D eigenvalue weighted by molar-refractivity contribution is 0.262. The topological polar surface area (TPSA) is 121 Å². The molecule has 1 heterocycles. The molecule has 0 fully saturated rings. The third-order valence-electron chi connectivity index (χ3n) is 4.36. The monoisotopic (exact) mass is 418 g/mol. The van der Waals surface area contributed by atoms with Crippen LogP contribution in [0.2, 0.25) is 0 Å². The average molecular weight is 418 g/mol. The first kappa shape index (κ1) is 21.5. The summed E-state index contributed by atoms with van der Waals surface area (Å²) in [5.74, 6) is 1.59. The van der Waals surface area contributed by atoms with Gasteiger partial charge in [0.15, 0.2) is 11.5 Å². The maximum absolute atomic E-state index is 12.2. The van der Waals surface area contributed by atoms with Gasteiger partial charge in [-0.1, -0.05) is 24.3 Å². The van der Waals surface area contributed by atoms with Gasteiger partial charge in [-0.3, -0.25) is 5.32 Å². The molecule has 2 amide bonds. The molecule has 0 aliphatic carbocycles.